The van der Waals surface area contributed by atoms with Gasteiger partial charge in [-0.25, -0.2) is 0 Å². The lowest BCUT2D eigenvalue weighted by molar-refractivity contribution is -0.135. The second-order valence-electron chi connectivity index (χ2n) is 11.9. The molecule has 2 aromatic rings. The zero-order valence-corrected chi connectivity index (χ0v) is 27.6. The van der Waals surface area contributed by atoms with Crippen molar-refractivity contribution in [3.8, 4) is 5.75 Å². The molecule has 0 saturated heterocycles. The third-order valence-corrected chi connectivity index (χ3v) is 8.21. The lowest BCUT2D eigenvalue weighted by atomic mass is 10.0. The number of rotatable bonds is 6. The van der Waals surface area contributed by atoms with Crippen LogP contribution in [0.2, 0.25) is 0 Å². The van der Waals surface area contributed by atoms with Gasteiger partial charge in [0.2, 0.25) is 17.7 Å². The molecule has 0 aromatic heterocycles. The normalized spacial score (nSPS) is 20.3. The molecule has 0 aliphatic carbocycles. The second kappa shape index (κ2) is 21.0. The monoisotopic (exact) mass is 636 g/mol. The first-order valence-corrected chi connectivity index (χ1v) is 16.8. The smallest absolute Gasteiger partial charge is 0.255 e. The van der Waals surface area contributed by atoms with Gasteiger partial charge in [0.05, 0.1) is 18.8 Å². The third-order valence-electron chi connectivity index (χ3n) is 8.21. The zero-order valence-electron chi connectivity index (χ0n) is 27.6. The minimum absolute atomic E-state index is 0.0432. The Hall–Kier alpha value is -3.92. The number of carbonyl (C=O) groups is 4. The molecule has 0 bridgehead atoms. The maximum absolute atomic E-state index is 13.5. The highest BCUT2D eigenvalue weighted by atomic mass is 16.5. The van der Waals surface area contributed by atoms with Crippen LogP contribution < -0.4 is 20.7 Å². The number of methoxy groups -OCH3 is 1. The van der Waals surface area contributed by atoms with Crippen molar-refractivity contribution in [1.82, 2.24) is 20.9 Å². The molecule has 1 aliphatic rings. The van der Waals surface area contributed by atoms with Crippen LogP contribution in [0.25, 0.3) is 0 Å². The SMILES string of the molecule is COCCNC(=O)[C@@H]1CCC(=O)N[C@@H](Cc2ccccc2)C(=O)N(C)CCCCCCCCCCCOc2ccccc2C(=O)N1. The molecule has 0 saturated carbocycles. The summed E-state index contributed by atoms with van der Waals surface area (Å²) in [7, 11) is 3.32. The standard InChI is InChI=1S/C36H52N4O6/c1-40-24-15-8-6-4-3-5-7-9-16-25-46-32-20-14-13-19-29(32)34(42)39-30(35(43)37-23-26-45-2)21-22-33(41)38-31(36(40)44)27-28-17-11-10-12-18-28/h10-14,17-20,30-31H,3-9,15-16,21-27H2,1-2H3,(H,37,43)(H,38,41)(H,39,42)/t30-,31-/m0/s1. The molecule has 0 spiro atoms. The summed E-state index contributed by atoms with van der Waals surface area (Å²) in [5.41, 5.74) is 1.26. The lowest BCUT2D eigenvalue weighted by Crippen LogP contribution is -2.50. The lowest BCUT2D eigenvalue weighted by Gasteiger charge is -2.25. The van der Waals surface area contributed by atoms with Crippen LogP contribution in [0, 0.1) is 0 Å². The fourth-order valence-corrected chi connectivity index (χ4v) is 5.52. The van der Waals surface area contributed by atoms with E-state index in [0.717, 1.165) is 44.1 Å². The van der Waals surface area contributed by atoms with E-state index in [-0.39, 0.29) is 31.2 Å². The number of ether oxygens (including phenoxy) is 2. The number of amides is 4. The van der Waals surface area contributed by atoms with Crippen LogP contribution in [0.4, 0.5) is 0 Å². The van der Waals surface area contributed by atoms with Crippen LogP contribution in [0.1, 0.15) is 86.6 Å². The maximum atomic E-state index is 13.5. The molecule has 2 aromatic carbocycles. The van der Waals surface area contributed by atoms with Gasteiger partial charge in [-0.15, -0.1) is 0 Å². The first-order chi connectivity index (χ1) is 22.4. The average molecular weight is 637 g/mol. The van der Waals surface area contributed by atoms with Crippen molar-refractivity contribution in [3.63, 3.8) is 0 Å². The van der Waals surface area contributed by atoms with Crippen LogP contribution >= 0.6 is 0 Å². The predicted molar refractivity (Wildman–Crippen MR) is 179 cm³/mol. The molecule has 0 radical (unpaired) electrons. The summed E-state index contributed by atoms with van der Waals surface area (Å²) in [5.74, 6) is -0.946. The number of benzene rings is 2. The van der Waals surface area contributed by atoms with Crippen molar-refractivity contribution >= 4 is 23.6 Å². The molecular weight excluding hydrogens is 584 g/mol. The van der Waals surface area contributed by atoms with Gasteiger partial charge in [-0.2, -0.15) is 0 Å². The van der Waals surface area contributed by atoms with Gasteiger partial charge in [-0.05, 0) is 37.0 Å². The van der Waals surface area contributed by atoms with Gasteiger partial charge in [0.1, 0.15) is 17.8 Å². The molecule has 4 amide bonds. The number of hydrogen-bond donors (Lipinski definition) is 3. The van der Waals surface area contributed by atoms with Crippen LogP contribution in [0.5, 0.6) is 5.75 Å². The fraction of sp³-hybridized carbons (Fsp3) is 0.556. The quantitative estimate of drug-likeness (QED) is 0.404. The number of fused-ring (bicyclic) bond motifs is 1. The largest absolute Gasteiger partial charge is 0.493 e. The Bertz CT molecular complexity index is 1220. The third kappa shape index (κ3) is 13.2. The van der Waals surface area contributed by atoms with E-state index in [1.54, 1.807) is 30.1 Å². The van der Waals surface area contributed by atoms with Gasteiger partial charge in [0, 0.05) is 40.1 Å². The summed E-state index contributed by atoms with van der Waals surface area (Å²) >= 11 is 0. The molecule has 1 heterocycles. The second-order valence-corrected chi connectivity index (χ2v) is 11.9. The van der Waals surface area contributed by atoms with E-state index < -0.39 is 23.9 Å². The highest BCUT2D eigenvalue weighted by molar-refractivity contribution is 5.99. The Labute approximate surface area is 274 Å². The molecule has 10 heteroatoms. The van der Waals surface area contributed by atoms with E-state index >= 15 is 0 Å². The first-order valence-electron chi connectivity index (χ1n) is 16.8. The number of nitrogens with one attached hydrogen (secondary N) is 3. The molecule has 3 N–H and O–H groups in total. The van der Waals surface area contributed by atoms with Crippen molar-refractivity contribution in [3.05, 3.63) is 65.7 Å². The molecular formula is C36H52N4O6. The molecule has 0 unspecified atom stereocenters. The van der Waals surface area contributed by atoms with Gasteiger partial charge in [0.25, 0.3) is 5.91 Å². The van der Waals surface area contributed by atoms with Crippen molar-refractivity contribution in [2.75, 3.05) is 40.5 Å². The van der Waals surface area contributed by atoms with Crippen LogP contribution in [0.3, 0.4) is 0 Å². The Kier molecular flexibility index (Phi) is 16.7. The van der Waals surface area contributed by atoms with Crippen LogP contribution in [-0.4, -0.2) is 81.1 Å². The Balaban J connectivity index is 1.78. The number of hydrogen-bond acceptors (Lipinski definition) is 6. The average Bonchev–Trinajstić information content (AvgIpc) is 3.06. The van der Waals surface area contributed by atoms with Gasteiger partial charge in [0.15, 0.2) is 0 Å². The van der Waals surface area contributed by atoms with E-state index in [0.29, 0.717) is 37.5 Å². The predicted octanol–water partition coefficient (Wildman–Crippen LogP) is 4.42. The van der Waals surface area contributed by atoms with E-state index in [1.165, 1.54) is 26.4 Å². The maximum Gasteiger partial charge on any atom is 0.255 e. The van der Waals surface area contributed by atoms with Gasteiger partial charge in [-0.1, -0.05) is 87.4 Å². The van der Waals surface area contributed by atoms with E-state index in [9.17, 15) is 19.2 Å². The van der Waals surface area contributed by atoms with Gasteiger partial charge in [-0.3, -0.25) is 19.2 Å². The van der Waals surface area contributed by atoms with Crippen LogP contribution in [0.15, 0.2) is 54.6 Å². The minimum atomic E-state index is -0.986. The van der Waals surface area contributed by atoms with E-state index in [4.69, 9.17) is 9.47 Å². The number of carbonyl (C=O) groups excluding carboxylic acids is 4. The first kappa shape index (κ1) is 36.5. The summed E-state index contributed by atoms with van der Waals surface area (Å²) < 4.78 is 11.0. The van der Waals surface area contributed by atoms with E-state index in [1.807, 2.05) is 36.4 Å². The molecule has 1 aliphatic heterocycles. The van der Waals surface area contributed by atoms with Crippen molar-refractivity contribution < 1.29 is 28.7 Å². The topological polar surface area (TPSA) is 126 Å². The van der Waals surface area contributed by atoms with Crippen molar-refractivity contribution in [2.24, 2.45) is 0 Å². The number of para-hydroxylation sites is 1. The summed E-state index contributed by atoms with van der Waals surface area (Å²) in [4.78, 5) is 55.1. The Morgan fingerprint density at radius 1 is 0.891 bits per heavy atom. The molecule has 3 rings (SSSR count). The Morgan fingerprint density at radius 2 is 1.54 bits per heavy atom. The van der Waals surface area contributed by atoms with E-state index in [2.05, 4.69) is 16.0 Å². The molecule has 252 valence electrons. The molecule has 2 atom stereocenters. The highest BCUT2D eigenvalue weighted by Crippen LogP contribution is 2.19. The summed E-state index contributed by atoms with van der Waals surface area (Å²) in [6.45, 7) is 1.69. The van der Waals surface area contributed by atoms with Gasteiger partial charge >= 0.3 is 0 Å². The van der Waals surface area contributed by atoms with Crippen LogP contribution in [-0.2, 0) is 25.5 Å². The number of nitrogens with zero attached hydrogens (tertiary/aromatic N) is 1. The number of likely N-dealkylation sites (N-methyl/N-ethyl adjacent to an activating group) is 1. The van der Waals surface area contributed by atoms with Gasteiger partial charge < -0.3 is 30.3 Å². The fourth-order valence-electron chi connectivity index (χ4n) is 5.52. The van der Waals surface area contributed by atoms with Crippen molar-refractivity contribution in [1.29, 1.82) is 0 Å². The summed E-state index contributed by atoms with van der Waals surface area (Å²) in [5, 5.41) is 8.50. The summed E-state index contributed by atoms with van der Waals surface area (Å²) in [6, 6.07) is 14.8. The highest BCUT2D eigenvalue weighted by Gasteiger charge is 2.27. The molecule has 46 heavy (non-hydrogen) atoms. The minimum Gasteiger partial charge on any atom is -0.493 e. The molecule has 10 nitrogen and oxygen atoms in total. The summed E-state index contributed by atoms with van der Waals surface area (Å²) in [6.07, 6.45) is 10.0. The Morgan fingerprint density at radius 3 is 2.26 bits per heavy atom. The molecule has 0 fully saturated rings. The zero-order chi connectivity index (χ0) is 33.0. The van der Waals surface area contributed by atoms with Crippen molar-refractivity contribution in [2.45, 2.75) is 89.1 Å².